The standard InChI is InChI=1S/C12H19N5O2Si/c1-20(2,3)5-4-19-8-17-7-16-12-10(17)9(11(13)18)14-6-15-12/h6-7H,4-5,8H2,1-3H3,(H2,13,18). The minimum absolute atomic E-state index is 0.168. The number of carbonyl (C=O) groups excluding carboxylic acids is 1. The second-order valence-electron chi connectivity index (χ2n) is 5.82. The van der Waals surface area contributed by atoms with Crippen LogP contribution in [0.25, 0.3) is 11.2 Å². The van der Waals surface area contributed by atoms with Crippen molar-refractivity contribution in [2.24, 2.45) is 5.73 Å². The van der Waals surface area contributed by atoms with Gasteiger partial charge in [-0.05, 0) is 6.04 Å². The van der Waals surface area contributed by atoms with Gasteiger partial charge in [-0.1, -0.05) is 19.6 Å². The lowest BCUT2D eigenvalue weighted by molar-refractivity contribution is 0.0894. The highest BCUT2D eigenvalue weighted by molar-refractivity contribution is 6.76. The molecule has 0 aliphatic heterocycles. The number of imidazole rings is 1. The molecule has 2 rings (SSSR count). The SMILES string of the molecule is C[Si](C)(C)CCOCn1cnc2ncnc(C(N)=O)c21. The van der Waals surface area contributed by atoms with Crippen LogP contribution in [0.2, 0.25) is 25.7 Å². The number of fused-ring (bicyclic) bond motifs is 1. The molecule has 2 N–H and O–H groups in total. The second-order valence-corrected chi connectivity index (χ2v) is 11.4. The Hall–Kier alpha value is -1.80. The summed E-state index contributed by atoms with van der Waals surface area (Å²) < 4.78 is 7.35. The lowest BCUT2D eigenvalue weighted by Crippen LogP contribution is -2.22. The van der Waals surface area contributed by atoms with Crippen molar-refractivity contribution in [1.29, 1.82) is 0 Å². The molecule has 0 spiro atoms. The number of amides is 1. The van der Waals surface area contributed by atoms with Crippen LogP contribution in [0.3, 0.4) is 0 Å². The number of aromatic nitrogens is 4. The van der Waals surface area contributed by atoms with E-state index in [1.54, 1.807) is 10.9 Å². The maximum atomic E-state index is 11.4. The Labute approximate surface area is 118 Å². The van der Waals surface area contributed by atoms with Gasteiger partial charge in [0.2, 0.25) is 0 Å². The first kappa shape index (κ1) is 14.6. The van der Waals surface area contributed by atoms with Crippen molar-refractivity contribution >= 4 is 25.1 Å². The summed E-state index contributed by atoms with van der Waals surface area (Å²) in [7, 11) is -1.11. The summed E-state index contributed by atoms with van der Waals surface area (Å²) in [6, 6.07) is 1.08. The van der Waals surface area contributed by atoms with E-state index in [9.17, 15) is 4.79 Å². The van der Waals surface area contributed by atoms with Crippen LogP contribution in [-0.4, -0.2) is 40.1 Å². The van der Waals surface area contributed by atoms with E-state index in [4.69, 9.17) is 10.5 Å². The first-order valence-corrected chi connectivity index (χ1v) is 10.1. The van der Waals surface area contributed by atoms with E-state index < -0.39 is 14.0 Å². The third kappa shape index (κ3) is 3.39. The van der Waals surface area contributed by atoms with Crippen LogP contribution in [0, 0.1) is 0 Å². The minimum atomic E-state index is -1.11. The fraction of sp³-hybridized carbons (Fsp3) is 0.500. The third-order valence-corrected chi connectivity index (χ3v) is 4.57. The van der Waals surface area contributed by atoms with Gasteiger partial charge in [-0.25, -0.2) is 15.0 Å². The van der Waals surface area contributed by atoms with Crippen molar-refractivity contribution in [3.63, 3.8) is 0 Å². The number of ether oxygens (including phenoxy) is 1. The Bertz CT molecular complexity index is 620. The van der Waals surface area contributed by atoms with Gasteiger partial charge in [-0.2, -0.15) is 0 Å². The predicted molar refractivity (Wildman–Crippen MR) is 77.9 cm³/mol. The van der Waals surface area contributed by atoms with Gasteiger partial charge in [0, 0.05) is 14.7 Å². The van der Waals surface area contributed by atoms with Crippen LogP contribution < -0.4 is 5.73 Å². The Kier molecular flexibility index (Phi) is 4.14. The number of nitrogens with zero attached hydrogens (tertiary/aromatic N) is 4. The van der Waals surface area contributed by atoms with Crippen LogP contribution >= 0.6 is 0 Å². The highest BCUT2D eigenvalue weighted by Gasteiger charge is 2.15. The lowest BCUT2D eigenvalue weighted by Gasteiger charge is -2.15. The highest BCUT2D eigenvalue weighted by Crippen LogP contribution is 2.14. The maximum Gasteiger partial charge on any atom is 0.269 e. The van der Waals surface area contributed by atoms with Crippen molar-refractivity contribution in [3.8, 4) is 0 Å². The van der Waals surface area contributed by atoms with E-state index in [2.05, 4.69) is 34.6 Å². The third-order valence-electron chi connectivity index (χ3n) is 2.87. The van der Waals surface area contributed by atoms with Crippen LogP contribution in [0.15, 0.2) is 12.7 Å². The van der Waals surface area contributed by atoms with E-state index in [0.29, 0.717) is 24.5 Å². The lowest BCUT2D eigenvalue weighted by atomic mass is 10.3. The molecular weight excluding hydrogens is 274 g/mol. The number of hydrogen-bond donors (Lipinski definition) is 1. The normalized spacial score (nSPS) is 11.9. The van der Waals surface area contributed by atoms with Crippen molar-refractivity contribution in [3.05, 3.63) is 18.3 Å². The summed E-state index contributed by atoms with van der Waals surface area (Å²) in [5.41, 5.74) is 6.45. The van der Waals surface area contributed by atoms with Gasteiger partial charge in [0.1, 0.15) is 18.6 Å². The summed E-state index contributed by atoms with van der Waals surface area (Å²) >= 11 is 0. The molecule has 0 saturated carbocycles. The molecule has 0 aliphatic rings. The van der Waals surface area contributed by atoms with Gasteiger partial charge in [0.05, 0.1) is 6.33 Å². The monoisotopic (exact) mass is 293 g/mol. The molecule has 0 fully saturated rings. The van der Waals surface area contributed by atoms with Gasteiger partial charge in [0.25, 0.3) is 5.91 Å². The summed E-state index contributed by atoms with van der Waals surface area (Å²) in [5, 5.41) is 0. The molecule has 2 heterocycles. The van der Waals surface area contributed by atoms with Gasteiger partial charge >= 0.3 is 0 Å². The van der Waals surface area contributed by atoms with Gasteiger partial charge in [-0.3, -0.25) is 4.79 Å². The Morgan fingerprint density at radius 2 is 2.10 bits per heavy atom. The Balaban J connectivity index is 2.13. The van der Waals surface area contributed by atoms with Gasteiger partial charge < -0.3 is 15.0 Å². The van der Waals surface area contributed by atoms with Crippen molar-refractivity contribution in [2.45, 2.75) is 32.4 Å². The van der Waals surface area contributed by atoms with E-state index in [1.165, 1.54) is 6.33 Å². The zero-order valence-corrected chi connectivity index (χ0v) is 13.0. The predicted octanol–water partition coefficient (Wildman–Crippen LogP) is 1.24. The molecule has 0 radical (unpaired) electrons. The van der Waals surface area contributed by atoms with Crippen molar-refractivity contribution in [1.82, 2.24) is 19.5 Å². The second kappa shape index (κ2) is 5.67. The minimum Gasteiger partial charge on any atom is -0.364 e. The zero-order chi connectivity index (χ0) is 14.8. The summed E-state index contributed by atoms with van der Waals surface area (Å²) in [6.45, 7) is 7.88. The Morgan fingerprint density at radius 3 is 2.75 bits per heavy atom. The van der Waals surface area contributed by atoms with Crippen LogP contribution in [0.1, 0.15) is 10.5 Å². The van der Waals surface area contributed by atoms with E-state index in [1.807, 2.05) is 0 Å². The molecule has 0 aromatic carbocycles. The number of nitrogens with two attached hydrogens (primary N) is 1. The first-order valence-electron chi connectivity index (χ1n) is 6.42. The van der Waals surface area contributed by atoms with Gasteiger partial charge in [-0.15, -0.1) is 0 Å². The molecule has 20 heavy (non-hydrogen) atoms. The van der Waals surface area contributed by atoms with Crippen LogP contribution in [0.4, 0.5) is 0 Å². The zero-order valence-electron chi connectivity index (χ0n) is 12.0. The molecule has 0 aliphatic carbocycles. The average molecular weight is 293 g/mol. The molecule has 0 unspecified atom stereocenters. The van der Waals surface area contributed by atoms with Crippen LogP contribution in [-0.2, 0) is 11.5 Å². The topological polar surface area (TPSA) is 95.9 Å². The molecule has 1 amide bonds. The molecule has 0 bridgehead atoms. The Morgan fingerprint density at radius 1 is 1.35 bits per heavy atom. The summed E-state index contributed by atoms with van der Waals surface area (Å²) in [4.78, 5) is 23.4. The molecule has 0 atom stereocenters. The molecule has 8 heteroatoms. The first-order chi connectivity index (χ1) is 9.38. The fourth-order valence-corrected chi connectivity index (χ4v) is 2.49. The van der Waals surface area contributed by atoms with E-state index in [-0.39, 0.29) is 5.69 Å². The largest absolute Gasteiger partial charge is 0.364 e. The highest BCUT2D eigenvalue weighted by atomic mass is 28.3. The molecule has 0 saturated heterocycles. The smallest absolute Gasteiger partial charge is 0.269 e. The average Bonchev–Trinajstić information content (AvgIpc) is 2.76. The number of primary amides is 1. The quantitative estimate of drug-likeness (QED) is 0.638. The number of hydrogen-bond acceptors (Lipinski definition) is 5. The molecular formula is C12H19N5O2Si. The van der Waals surface area contributed by atoms with E-state index >= 15 is 0 Å². The van der Waals surface area contributed by atoms with Gasteiger partial charge in [0.15, 0.2) is 11.3 Å². The molecule has 108 valence electrons. The number of carbonyl (C=O) groups is 1. The van der Waals surface area contributed by atoms with Crippen LogP contribution in [0.5, 0.6) is 0 Å². The molecule has 2 aromatic rings. The summed E-state index contributed by atoms with van der Waals surface area (Å²) in [6.07, 6.45) is 2.87. The van der Waals surface area contributed by atoms with E-state index in [0.717, 1.165) is 6.04 Å². The maximum absolute atomic E-state index is 11.4. The molecule has 7 nitrogen and oxygen atoms in total. The molecule has 2 aromatic heterocycles. The summed E-state index contributed by atoms with van der Waals surface area (Å²) in [5.74, 6) is -0.596. The van der Waals surface area contributed by atoms with Crippen molar-refractivity contribution < 1.29 is 9.53 Å². The fourth-order valence-electron chi connectivity index (χ4n) is 1.73. The van der Waals surface area contributed by atoms with Crippen molar-refractivity contribution in [2.75, 3.05) is 6.61 Å². The number of rotatable bonds is 6.